The molecule has 2 bridgehead atoms. The number of amides is 11. The molecule has 4 heterocycles. The Morgan fingerprint density at radius 3 is 1.89 bits per heavy atom. The maximum absolute atomic E-state index is 15.6. The summed E-state index contributed by atoms with van der Waals surface area (Å²) in [6, 6.07) is -9.33. The number of nitrogens with one attached hydrogen (secondary N) is 3. The van der Waals surface area contributed by atoms with Gasteiger partial charge in [0.2, 0.25) is 65.0 Å². The average Bonchev–Trinajstić information content (AvgIpc) is 1.72. The van der Waals surface area contributed by atoms with Gasteiger partial charge in [-0.05, 0) is 159 Å². The molecule has 3 saturated heterocycles. The molecule has 8 aliphatic rings. The summed E-state index contributed by atoms with van der Waals surface area (Å²) >= 11 is 0. The van der Waals surface area contributed by atoms with Gasteiger partial charge >= 0.3 is 12.4 Å². The number of nitrogens with zero attached hydrogens (tertiary/aromatic N) is 8. The van der Waals surface area contributed by atoms with Crippen LogP contribution in [0.3, 0.4) is 0 Å². The summed E-state index contributed by atoms with van der Waals surface area (Å²) in [5, 5.41) is 8.72. The zero-order valence-corrected chi connectivity index (χ0v) is 62.0. The van der Waals surface area contributed by atoms with Crippen molar-refractivity contribution >= 4 is 65.0 Å². The molecule has 0 aromatic rings. The van der Waals surface area contributed by atoms with Gasteiger partial charge in [-0.2, -0.15) is 26.3 Å². The topological polar surface area (TPSA) is 268 Å². The first kappa shape index (κ1) is 82.1. The van der Waals surface area contributed by atoms with E-state index in [0.29, 0.717) is 45.1 Å². The summed E-state index contributed by atoms with van der Waals surface area (Å²) in [4.78, 5) is 176. The summed E-state index contributed by atoms with van der Waals surface area (Å²) < 4.78 is 96.6. The minimum absolute atomic E-state index is 0.0213. The highest BCUT2D eigenvalue weighted by atomic mass is 19.4. The highest BCUT2D eigenvalue weighted by Crippen LogP contribution is 2.45. The third-order valence-electron chi connectivity index (χ3n) is 24.1. The third-order valence-corrected chi connectivity index (χ3v) is 24.1. The Balaban J connectivity index is 1.17. The molecule has 580 valence electrons. The van der Waals surface area contributed by atoms with Crippen molar-refractivity contribution in [3.8, 4) is 0 Å². The number of likely N-dealkylation sites (N-methyl/N-ethyl adjacent to an activating group) is 5. The number of alkyl halides is 6. The van der Waals surface area contributed by atoms with Crippen LogP contribution in [-0.2, 0) is 62.2 Å². The molecule has 3 unspecified atom stereocenters. The van der Waals surface area contributed by atoms with Crippen LogP contribution in [0.25, 0.3) is 0 Å². The molecule has 0 radical (unpaired) electrons. The number of carbonyl (C=O) groups is 11. The van der Waals surface area contributed by atoms with Crippen LogP contribution < -0.4 is 16.0 Å². The number of hydrogen-bond acceptors (Lipinski definition) is 13. The van der Waals surface area contributed by atoms with Gasteiger partial charge < -0.3 is 64.6 Å². The fraction of sp³-hybridized carbons (Fsp3) is 0.822. The van der Waals surface area contributed by atoms with Crippen molar-refractivity contribution < 1.29 is 88.6 Å². The van der Waals surface area contributed by atoms with Gasteiger partial charge in [-0.15, -0.1) is 0 Å². The number of fused-ring (bicyclic) bond motifs is 4. The van der Waals surface area contributed by atoms with Crippen LogP contribution >= 0.6 is 0 Å². The van der Waals surface area contributed by atoms with Crippen molar-refractivity contribution in [2.75, 3.05) is 81.7 Å². The third kappa shape index (κ3) is 19.5. The van der Waals surface area contributed by atoms with Crippen LogP contribution in [0, 0.1) is 35.5 Å². The van der Waals surface area contributed by atoms with E-state index in [9.17, 15) is 50.3 Å². The number of hydrogen-bond donors (Lipinski definition) is 3. The number of halogens is 6. The maximum atomic E-state index is 15.6. The molecule has 103 heavy (non-hydrogen) atoms. The van der Waals surface area contributed by atoms with Crippen LogP contribution in [0.1, 0.15) is 188 Å². The Morgan fingerprint density at radius 1 is 0.612 bits per heavy atom. The fourth-order valence-electron chi connectivity index (χ4n) is 17.5. The zero-order valence-electron chi connectivity index (χ0n) is 62.0. The Morgan fingerprint density at radius 2 is 1.28 bits per heavy atom. The fourth-order valence-corrected chi connectivity index (χ4v) is 17.5. The molecule has 1 spiro atoms. The molecule has 0 aromatic heterocycles. The molecular formula is C73H113F6N11O13. The number of methoxy groups -OCH3 is 1. The molecule has 4 aliphatic heterocycles. The van der Waals surface area contributed by atoms with Crippen molar-refractivity contribution in [1.82, 2.24) is 55.1 Å². The van der Waals surface area contributed by atoms with E-state index in [0.717, 1.165) is 27.5 Å². The second-order valence-corrected chi connectivity index (χ2v) is 30.7. The van der Waals surface area contributed by atoms with Gasteiger partial charge in [0.15, 0.2) is 0 Å². The monoisotopic (exact) mass is 1470 g/mol. The molecule has 13 atom stereocenters. The molecule has 4 aliphatic carbocycles. The van der Waals surface area contributed by atoms with Crippen molar-refractivity contribution in [3.05, 3.63) is 12.2 Å². The first-order chi connectivity index (χ1) is 48.7. The molecule has 7 fully saturated rings. The van der Waals surface area contributed by atoms with Gasteiger partial charge in [0.05, 0.1) is 37.1 Å². The molecule has 24 nitrogen and oxygen atoms in total. The predicted molar refractivity (Wildman–Crippen MR) is 367 cm³/mol. The van der Waals surface area contributed by atoms with E-state index in [1.165, 1.54) is 54.9 Å². The standard InChI is InChI=1S/C73H113F6N11O13/c1-11-44(4)61-68(99)84(6)43-60(93)86(8)54-24-15-14-18-35-89(67(54)98)56(37-45-25-29-48(30-26-45)72(74,75)76)66(97)83(5)42-58(91)80-52(32-28-46-27-31-51(73(77,78)79)57(38-46)102-10)65(96)90-41-50(103-13-3)40-55(90)64(95)82-71(33-20-34-71)70(101)87(9)62(47-21-16-17-22-47)69(100)88-36-19-23-49(88)39-59(92)85(7)53(12-2)63(94)81-61/h14-15,44-57,61-62H,11-13,16-43H2,1-10H3,(H,80,91)(H,81,94)(H,82,95)/b15-14-/t44-,45?,46?,48?,49+,50+,51?,52-,53-,54-,55-,56-,57?,61-,62-/m0/s1. The summed E-state index contributed by atoms with van der Waals surface area (Å²) in [7, 11) is 8.30. The first-order valence-corrected chi connectivity index (χ1v) is 37.7. The summed E-state index contributed by atoms with van der Waals surface area (Å²) in [5.74, 6) is -12.1. The molecule has 3 N–H and O–H groups in total. The van der Waals surface area contributed by atoms with Gasteiger partial charge in [-0.1, -0.05) is 52.2 Å². The Labute approximate surface area is 602 Å². The van der Waals surface area contributed by atoms with Gasteiger partial charge in [-0.25, -0.2) is 0 Å². The Bertz CT molecular complexity index is 3050. The highest BCUT2D eigenvalue weighted by molar-refractivity contribution is 6.00. The van der Waals surface area contributed by atoms with E-state index in [4.69, 9.17) is 9.47 Å². The summed E-state index contributed by atoms with van der Waals surface area (Å²) in [5.41, 5.74) is -1.52. The largest absolute Gasteiger partial charge is 0.394 e. The predicted octanol–water partition coefficient (Wildman–Crippen LogP) is 6.52. The minimum atomic E-state index is -4.54. The molecule has 4 saturated carbocycles. The van der Waals surface area contributed by atoms with Crippen molar-refractivity contribution in [2.45, 2.75) is 267 Å². The van der Waals surface area contributed by atoms with E-state index < -0.39 is 180 Å². The number of carbonyl (C=O) groups excluding carboxylic acids is 11. The second kappa shape index (κ2) is 35.7. The molecule has 11 amide bonds. The summed E-state index contributed by atoms with van der Waals surface area (Å²) in [6.07, 6.45) is -2.89. The molecular weight excluding hydrogens is 1350 g/mol. The summed E-state index contributed by atoms with van der Waals surface area (Å²) in [6.45, 7) is 5.92. The lowest BCUT2D eigenvalue weighted by atomic mass is 9.74. The van der Waals surface area contributed by atoms with Gasteiger partial charge in [0, 0.05) is 87.5 Å². The highest BCUT2D eigenvalue weighted by Gasteiger charge is 2.55. The minimum Gasteiger partial charge on any atom is -0.381 e. The number of ether oxygens (including phenoxy) is 2. The van der Waals surface area contributed by atoms with Gasteiger partial charge in [-0.3, -0.25) is 52.7 Å². The van der Waals surface area contributed by atoms with Crippen LogP contribution in [0.5, 0.6) is 0 Å². The lowest BCUT2D eigenvalue weighted by molar-refractivity contribution is -0.215. The zero-order chi connectivity index (χ0) is 75.6. The average molecular weight is 1470 g/mol. The Hall–Kier alpha value is -6.59. The maximum Gasteiger partial charge on any atom is 0.394 e. The van der Waals surface area contributed by atoms with Crippen LogP contribution in [-0.4, -0.2) is 264 Å². The quantitative estimate of drug-likeness (QED) is 0.139. The Kier molecular flexibility index (Phi) is 28.4. The van der Waals surface area contributed by atoms with Crippen LogP contribution in [0.4, 0.5) is 26.3 Å². The molecule has 0 aromatic carbocycles. The van der Waals surface area contributed by atoms with E-state index >= 15 is 28.8 Å². The van der Waals surface area contributed by atoms with Gasteiger partial charge in [0.1, 0.15) is 47.8 Å². The van der Waals surface area contributed by atoms with Crippen molar-refractivity contribution in [1.29, 1.82) is 0 Å². The first-order valence-electron chi connectivity index (χ1n) is 37.7. The molecule has 8 rings (SSSR count). The van der Waals surface area contributed by atoms with Crippen molar-refractivity contribution in [2.24, 2.45) is 35.5 Å². The van der Waals surface area contributed by atoms with E-state index in [1.54, 1.807) is 44.9 Å². The lowest BCUT2D eigenvalue weighted by Gasteiger charge is -2.46. The smallest absolute Gasteiger partial charge is 0.381 e. The van der Waals surface area contributed by atoms with Crippen molar-refractivity contribution in [3.63, 3.8) is 0 Å². The lowest BCUT2D eigenvalue weighted by Crippen LogP contribution is -2.68. The van der Waals surface area contributed by atoms with Crippen LogP contribution in [0.15, 0.2) is 12.2 Å². The SMILES string of the molecule is CCO[C@@H]1C[C@H]2C(=O)NC3(CCC3)C(=O)N(C)[C@@H](C3CCCC3)C(=O)N3CCC[C@@H]3CC(=O)N(C)[C@@H](CC)C(=O)N[C@@H]([C@@H](C)CC)C(=O)N(C)CC(=O)N(C)[C@H]3C/C=C\CCN(C3=O)[C@@H](CC3CCC(C(F)(F)F)CC3)C(=O)N(C)CC(=O)N[C@@H](CCC3CCC(C(F)(F)F)C(OC)C3)C(=O)N2C1. The van der Waals surface area contributed by atoms with Gasteiger partial charge in [0.25, 0.3) is 0 Å². The van der Waals surface area contributed by atoms with E-state index in [2.05, 4.69) is 16.0 Å². The van der Waals surface area contributed by atoms with Crippen LogP contribution in [0.2, 0.25) is 0 Å². The molecule has 30 heteroatoms. The van der Waals surface area contributed by atoms with E-state index in [-0.39, 0.29) is 141 Å². The van der Waals surface area contributed by atoms with E-state index in [1.807, 2.05) is 6.92 Å². The second-order valence-electron chi connectivity index (χ2n) is 30.7. The number of rotatable bonds is 12. The normalized spacial score (nSPS) is 32.8.